The van der Waals surface area contributed by atoms with Gasteiger partial charge in [0.2, 0.25) is 21.8 Å². The Labute approximate surface area is 214 Å². The van der Waals surface area contributed by atoms with E-state index in [1.165, 1.54) is 11.8 Å². The Morgan fingerprint density at radius 3 is 2.33 bits per heavy atom. The quantitative estimate of drug-likeness (QED) is 0.478. The molecule has 2 aromatic carbocycles. The molecule has 0 heterocycles. The molecule has 0 aliphatic rings. The summed E-state index contributed by atoms with van der Waals surface area (Å²) in [6, 6.07) is 8.81. The predicted molar refractivity (Wildman–Crippen MR) is 133 cm³/mol. The van der Waals surface area contributed by atoms with E-state index in [4.69, 9.17) is 11.6 Å². The third-order valence-corrected chi connectivity index (χ3v) is 7.01. The van der Waals surface area contributed by atoms with Gasteiger partial charge >= 0.3 is 6.18 Å². The van der Waals surface area contributed by atoms with Crippen molar-refractivity contribution >= 4 is 39.1 Å². The summed E-state index contributed by atoms with van der Waals surface area (Å²) in [4.78, 5) is 27.4. The summed E-state index contributed by atoms with van der Waals surface area (Å²) in [5, 5.41) is 2.11. The largest absolute Gasteiger partial charge is 0.417 e. The highest BCUT2D eigenvalue weighted by Crippen LogP contribution is 2.37. The third kappa shape index (κ3) is 7.60. The molecule has 0 aromatic heterocycles. The van der Waals surface area contributed by atoms with Gasteiger partial charge in [0, 0.05) is 13.1 Å². The van der Waals surface area contributed by atoms with Gasteiger partial charge in [-0.1, -0.05) is 42.8 Å². The van der Waals surface area contributed by atoms with Crippen molar-refractivity contribution in [1.29, 1.82) is 0 Å². The molecule has 0 spiro atoms. The van der Waals surface area contributed by atoms with Crippen molar-refractivity contribution in [3.63, 3.8) is 0 Å². The highest BCUT2D eigenvalue weighted by atomic mass is 35.5. The van der Waals surface area contributed by atoms with E-state index in [2.05, 4.69) is 5.32 Å². The maximum Gasteiger partial charge on any atom is 0.417 e. The first-order valence-corrected chi connectivity index (χ1v) is 13.4. The molecule has 1 N–H and O–H groups in total. The summed E-state index contributed by atoms with van der Waals surface area (Å²) in [7, 11) is -4.19. The second-order valence-corrected chi connectivity index (χ2v) is 10.7. The Morgan fingerprint density at radius 1 is 1.14 bits per heavy atom. The minimum absolute atomic E-state index is 0.00175. The topological polar surface area (TPSA) is 86.8 Å². The maximum absolute atomic E-state index is 13.4. The first-order valence-electron chi connectivity index (χ1n) is 11.1. The molecule has 2 aromatic rings. The fourth-order valence-electron chi connectivity index (χ4n) is 3.45. The normalized spacial score (nSPS) is 12.7. The van der Waals surface area contributed by atoms with Crippen LogP contribution in [0.4, 0.5) is 18.9 Å². The van der Waals surface area contributed by atoms with Crippen LogP contribution in [-0.2, 0) is 32.3 Å². The first kappa shape index (κ1) is 29.4. The van der Waals surface area contributed by atoms with Crippen LogP contribution in [0.5, 0.6) is 0 Å². The molecule has 12 heteroatoms. The van der Waals surface area contributed by atoms with Gasteiger partial charge in [-0.3, -0.25) is 13.9 Å². The number of carbonyl (C=O) groups excluding carboxylic acids is 2. The number of hydrogen-bond acceptors (Lipinski definition) is 4. The zero-order chi connectivity index (χ0) is 27.3. The summed E-state index contributed by atoms with van der Waals surface area (Å²) in [6.45, 7) is 4.78. The molecular weight excluding hydrogens is 519 g/mol. The summed E-state index contributed by atoms with van der Waals surface area (Å²) in [5.41, 5.74) is -0.0185. The number of carbonyl (C=O) groups is 2. The number of nitrogens with one attached hydrogen (secondary N) is 1. The Bertz CT molecular complexity index is 1210. The monoisotopic (exact) mass is 547 g/mol. The van der Waals surface area contributed by atoms with Gasteiger partial charge in [0.05, 0.1) is 22.5 Å². The molecule has 0 unspecified atom stereocenters. The highest BCUT2D eigenvalue weighted by molar-refractivity contribution is 7.92. The minimum atomic E-state index is -4.83. The van der Waals surface area contributed by atoms with E-state index in [-0.39, 0.29) is 12.2 Å². The number of alkyl halides is 3. The van der Waals surface area contributed by atoms with Crippen LogP contribution in [0.1, 0.15) is 37.0 Å². The van der Waals surface area contributed by atoms with Gasteiger partial charge in [-0.25, -0.2) is 8.42 Å². The van der Waals surface area contributed by atoms with Crippen LogP contribution in [0.15, 0.2) is 42.5 Å². The van der Waals surface area contributed by atoms with E-state index in [1.807, 2.05) is 26.0 Å². The summed E-state index contributed by atoms with van der Waals surface area (Å²) in [6.07, 6.45) is -3.38. The average molecular weight is 548 g/mol. The van der Waals surface area contributed by atoms with Gasteiger partial charge in [0.15, 0.2) is 0 Å². The Morgan fingerprint density at radius 2 is 1.78 bits per heavy atom. The molecule has 36 heavy (non-hydrogen) atoms. The lowest BCUT2D eigenvalue weighted by atomic mass is 10.1. The molecule has 7 nitrogen and oxygen atoms in total. The molecule has 2 rings (SSSR count). The Balaban J connectivity index is 2.48. The summed E-state index contributed by atoms with van der Waals surface area (Å²) in [5.74, 6) is -1.19. The number of sulfonamides is 1. The fourth-order valence-corrected chi connectivity index (χ4v) is 4.52. The van der Waals surface area contributed by atoms with Gasteiger partial charge in [0.25, 0.3) is 0 Å². The number of aryl methyl sites for hydroxylation is 1. The predicted octanol–water partition coefficient (Wildman–Crippen LogP) is 4.38. The molecule has 0 bridgehead atoms. The molecule has 2 amide bonds. The van der Waals surface area contributed by atoms with Gasteiger partial charge in [-0.05, 0) is 49.6 Å². The molecule has 1 atom stereocenters. The van der Waals surface area contributed by atoms with E-state index in [9.17, 15) is 31.2 Å². The molecule has 0 fully saturated rings. The van der Waals surface area contributed by atoms with Crippen LogP contribution < -0.4 is 9.62 Å². The smallest absolute Gasteiger partial charge is 0.354 e. The highest BCUT2D eigenvalue weighted by Gasteiger charge is 2.35. The molecule has 0 saturated carbocycles. The lowest BCUT2D eigenvalue weighted by molar-refractivity contribution is -0.139. The first-order chi connectivity index (χ1) is 16.7. The number of amides is 2. The molecular formula is C24H29ClF3N3O4S. The Hall–Kier alpha value is -2.79. The molecule has 0 aliphatic carbocycles. The van der Waals surface area contributed by atoms with E-state index < -0.39 is 51.2 Å². The minimum Gasteiger partial charge on any atom is -0.354 e. The zero-order valence-electron chi connectivity index (χ0n) is 20.4. The number of benzene rings is 2. The van der Waals surface area contributed by atoms with Crippen LogP contribution in [0.2, 0.25) is 5.02 Å². The zero-order valence-corrected chi connectivity index (χ0v) is 22.0. The Kier molecular flexibility index (Phi) is 9.78. The lowest BCUT2D eigenvalue weighted by Gasteiger charge is -2.32. The number of anilines is 1. The van der Waals surface area contributed by atoms with Crippen molar-refractivity contribution in [1.82, 2.24) is 10.2 Å². The number of halogens is 4. The van der Waals surface area contributed by atoms with Gasteiger partial charge in [0.1, 0.15) is 12.6 Å². The van der Waals surface area contributed by atoms with Crippen molar-refractivity contribution < 1.29 is 31.2 Å². The van der Waals surface area contributed by atoms with E-state index in [0.717, 1.165) is 29.5 Å². The van der Waals surface area contributed by atoms with Gasteiger partial charge < -0.3 is 10.2 Å². The fraction of sp³-hybridized carbons (Fsp3) is 0.417. The summed E-state index contributed by atoms with van der Waals surface area (Å²) < 4.78 is 65.8. The number of rotatable bonds is 10. The number of hydrogen-bond donors (Lipinski definition) is 1. The number of nitrogens with zero attached hydrogens (tertiary/aromatic N) is 2. The van der Waals surface area contributed by atoms with Crippen LogP contribution in [0, 0.1) is 6.92 Å². The van der Waals surface area contributed by atoms with Crippen LogP contribution in [0.3, 0.4) is 0 Å². The SMILES string of the molecule is CCCNC(=O)[C@@H](C)N(Cc1ccccc1C)C(=O)CN(c1ccc(Cl)c(C(F)(F)F)c1)S(C)(=O)=O. The second-order valence-electron chi connectivity index (χ2n) is 8.35. The maximum atomic E-state index is 13.4. The van der Waals surface area contributed by atoms with E-state index in [0.29, 0.717) is 23.3 Å². The van der Waals surface area contributed by atoms with Crippen molar-refractivity contribution in [2.45, 2.75) is 46.0 Å². The van der Waals surface area contributed by atoms with Crippen molar-refractivity contribution in [2.24, 2.45) is 0 Å². The van der Waals surface area contributed by atoms with Gasteiger partial charge in [-0.15, -0.1) is 0 Å². The summed E-state index contributed by atoms with van der Waals surface area (Å²) >= 11 is 5.67. The van der Waals surface area contributed by atoms with Crippen molar-refractivity contribution in [3.8, 4) is 0 Å². The standard InChI is InChI=1S/C24H29ClF3N3O4S/c1-5-12-29-23(33)17(3)30(14-18-9-7-6-8-16(18)2)22(32)15-31(36(4,34)35)19-10-11-21(25)20(13-19)24(26,27)28/h6-11,13,17H,5,12,14-15H2,1-4H3,(H,29,33)/t17-/m1/s1. The second kappa shape index (κ2) is 12.0. The molecule has 0 radical (unpaired) electrons. The molecule has 198 valence electrons. The van der Waals surface area contributed by atoms with Crippen LogP contribution in [0.25, 0.3) is 0 Å². The van der Waals surface area contributed by atoms with Crippen LogP contribution >= 0.6 is 11.6 Å². The van der Waals surface area contributed by atoms with E-state index >= 15 is 0 Å². The molecule has 0 saturated heterocycles. The molecule has 0 aliphatic heterocycles. The van der Waals surface area contributed by atoms with Crippen molar-refractivity contribution in [3.05, 3.63) is 64.2 Å². The third-order valence-electron chi connectivity index (χ3n) is 5.54. The van der Waals surface area contributed by atoms with Crippen molar-refractivity contribution in [2.75, 3.05) is 23.7 Å². The average Bonchev–Trinajstić information content (AvgIpc) is 2.78. The van der Waals surface area contributed by atoms with Crippen LogP contribution in [-0.4, -0.2) is 50.5 Å². The van der Waals surface area contributed by atoms with Gasteiger partial charge in [-0.2, -0.15) is 13.2 Å². The lowest BCUT2D eigenvalue weighted by Crippen LogP contribution is -2.51. The van der Waals surface area contributed by atoms with E-state index in [1.54, 1.807) is 12.1 Å².